The highest BCUT2D eigenvalue weighted by atomic mass is 16.5. The van der Waals surface area contributed by atoms with Gasteiger partial charge in [0.05, 0.1) is 5.56 Å². The second-order valence-electron chi connectivity index (χ2n) is 5.96. The van der Waals surface area contributed by atoms with Gasteiger partial charge >= 0.3 is 12.0 Å². The number of carbonyl (C=O) groups excluding carboxylic acids is 3. The first kappa shape index (κ1) is 19.5. The van der Waals surface area contributed by atoms with Crippen LogP contribution in [-0.2, 0) is 16.1 Å². The summed E-state index contributed by atoms with van der Waals surface area (Å²) in [6.45, 7) is 5.64. The maximum absolute atomic E-state index is 12.0. The largest absolute Gasteiger partial charge is 0.449 e. The number of nitrogens with zero attached hydrogens (tertiary/aromatic N) is 1. The molecule has 2 N–H and O–H groups in total. The Hall–Kier alpha value is -2.57. The summed E-state index contributed by atoms with van der Waals surface area (Å²) in [6.07, 6.45) is -0.839. The lowest BCUT2D eigenvalue weighted by molar-refractivity contribution is -0.137. The molecule has 0 unspecified atom stereocenters. The number of rotatable bonds is 6. The summed E-state index contributed by atoms with van der Waals surface area (Å²) in [6, 6.07) is 6.48. The van der Waals surface area contributed by atoms with Gasteiger partial charge < -0.3 is 20.3 Å². The Morgan fingerprint density at radius 2 is 1.67 bits per heavy atom. The Morgan fingerprint density at radius 1 is 1.08 bits per heavy atom. The summed E-state index contributed by atoms with van der Waals surface area (Å²) >= 11 is 0. The zero-order valence-corrected chi connectivity index (χ0v) is 14.8. The van der Waals surface area contributed by atoms with E-state index in [9.17, 15) is 14.4 Å². The molecule has 7 heteroatoms. The van der Waals surface area contributed by atoms with Crippen LogP contribution in [0.4, 0.5) is 4.79 Å². The van der Waals surface area contributed by atoms with E-state index in [1.54, 1.807) is 38.4 Å². The molecule has 1 aromatic carbocycles. The number of hydrogen-bond donors (Lipinski definition) is 2. The minimum atomic E-state index is -0.839. The van der Waals surface area contributed by atoms with Gasteiger partial charge in [0.15, 0.2) is 6.10 Å². The van der Waals surface area contributed by atoms with Crippen LogP contribution in [0.2, 0.25) is 0 Å². The zero-order chi connectivity index (χ0) is 18.3. The molecule has 0 heterocycles. The van der Waals surface area contributed by atoms with E-state index in [2.05, 4.69) is 10.6 Å². The van der Waals surface area contributed by atoms with Gasteiger partial charge in [0, 0.05) is 26.7 Å². The molecule has 0 radical (unpaired) electrons. The van der Waals surface area contributed by atoms with E-state index in [1.807, 2.05) is 13.8 Å². The third-order valence-electron chi connectivity index (χ3n) is 3.13. The van der Waals surface area contributed by atoms with Crippen molar-refractivity contribution in [3.8, 4) is 0 Å². The van der Waals surface area contributed by atoms with E-state index in [-0.39, 0.29) is 18.0 Å². The molecule has 3 amide bonds. The summed E-state index contributed by atoms with van der Waals surface area (Å²) < 4.78 is 5.13. The van der Waals surface area contributed by atoms with Crippen molar-refractivity contribution in [1.82, 2.24) is 15.5 Å². The summed E-state index contributed by atoms with van der Waals surface area (Å²) in [4.78, 5) is 36.6. The predicted octanol–water partition coefficient (Wildman–Crippen LogP) is 1.53. The summed E-state index contributed by atoms with van der Waals surface area (Å²) in [5.41, 5.74) is 1.20. The molecule has 1 aromatic rings. The molecule has 0 aromatic heterocycles. The monoisotopic (exact) mass is 335 g/mol. The number of carbonyl (C=O) groups is 3. The topological polar surface area (TPSA) is 87.7 Å². The number of benzene rings is 1. The summed E-state index contributed by atoms with van der Waals surface area (Å²) in [7, 11) is 3.20. The third kappa shape index (κ3) is 6.28. The molecule has 0 spiro atoms. The van der Waals surface area contributed by atoms with Crippen molar-refractivity contribution in [1.29, 1.82) is 0 Å². The molecule has 1 atom stereocenters. The highest BCUT2D eigenvalue weighted by molar-refractivity contribution is 5.92. The molecule has 0 aliphatic heterocycles. The smallest absolute Gasteiger partial charge is 0.338 e. The number of urea groups is 1. The van der Waals surface area contributed by atoms with E-state index in [0.29, 0.717) is 12.1 Å². The van der Waals surface area contributed by atoms with Gasteiger partial charge in [0.2, 0.25) is 0 Å². The number of hydrogen-bond acceptors (Lipinski definition) is 4. The van der Waals surface area contributed by atoms with Crippen LogP contribution in [-0.4, -0.2) is 49.0 Å². The highest BCUT2D eigenvalue weighted by Gasteiger charge is 2.20. The molecule has 132 valence electrons. The average Bonchev–Trinajstić information content (AvgIpc) is 2.51. The first-order valence-corrected chi connectivity index (χ1v) is 7.76. The molecule has 0 saturated heterocycles. The van der Waals surface area contributed by atoms with Crippen molar-refractivity contribution in [2.24, 2.45) is 0 Å². The Morgan fingerprint density at radius 3 is 2.17 bits per heavy atom. The molecule has 7 nitrogen and oxygen atoms in total. The standard InChI is InChI=1S/C17H25N3O4/c1-11(2)19-17(23)18-10-13-6-8-14(9-7-13)16(22)24-12(3)15(21)20(4)5/h6-9,11-12H,10H2,1-5H3,(H2,18,19,23)/t12-/m1/s1. The second kappa shape index (κ2) is 8.90. The van der Waals surface area contributed by atoms with Gasteiger partial charge in [0.25, 0.3) is 5.91 Å². The molecule has 0 aliphatic rings. The van der Waals surface area contributed by atoms with Gasteiger partial charge in [-0.3, -0.25) is 4.79 Å². The molecule has 0 saturated carbocycles. The number of amides is 3. The Labute approximate surface area is 142 Å². The van der Waals surface area contributed by atoms with Gasteiger partial charge in [-0.05, 0) is 38.5 Å². The quantitative estimate of drug-likeness (QED) is 0.772. The van der Waals surface area contributed by atoms with E-state index in [0.717, 1.165) is 5.56 Å². The van der Waals surface area contributed by atoms with Gasteiger partial charge in [-0.2, -0.15) is 0 Å². The summed E-state index contributed by atoms with van der Waals surface area (Å²) in [5, 5.41) is 5.45. The SMILES string of the molecule is CC(C)NC(=O)NCc1ccc(C(=O)O[C@H](C)C(=O)N(C)C)cc1. The second-order valence-corrected chi connectivity index (χ2v) is 5.96. The first-order chi connectivity index (χ1) is 11.2. The van der Waals surface area contributed by atoms with Crippen LogP contribution in [0.5, 0.6) is 0 Å². The van der Waals surface area contributed by atoms with E-state index in [1.165, 1.54) is 11.8 Å². The van der Waals surface area contributed by atoms with Crippen molar-refractivity contribution in [3.05, 3.63) is 35.4 Å². The lowest BCUT2D eigenvalue weighted by atomic mass is 10.1. The van der Waals surface area contributed by atoms with Crippen molar-refractivity contribution < 1.29 is 19.1 Å². The van der Waals surface area contributed by atoms with Crippen molar-refractivity contribution in [3.63, 3.8) is 0 Å². The van der Waals surface area contributed by atoms with Crippen molar-refractivity contribution in [2.75, 3.05) is 14.1 Å². The van der Waals surface area contributed by atoms with E-state index >= 15 is 0 Å². The van der Waals surface area contributed by atoms with Crippen LogP contribution in [0.3, 0.4) is 0 Å². The van der Waals surface area contributed by atoms with Gasteiger partial charge in [-0.25, -0.2) is 9.59 Å². The Kier molecular flexibility index (Phi) is 7.23. The van der Waals surface area contributed by atoms with Crippen LogP contribution in [0, 0.1) is 0 Å². The maximum Gasteiger partial charge on any atom is 0.338 e. The van der Waals surface area contributed by atoms with Gasteiger partial charge in [-0.1, -0.05) is 12.1 Å². The van der Waals surface area contributed by atoms with Crippen LogP contribution in [0.15, 0.2) is 24.3 Å². The molecular weight excluding hydrogens is 310 g/mol. The normalized spacial score (nSPS) is 11.6. The first-order valence-electron chi connectivity index (χ1n) is 7.76. The van der Waals surface area contributed by atoms with Crippen LogP contribution < -0.4 is 10.6 Å². The fourth-order valence-electron chi connectivity index (χ4n) is 1.90. The van der Waals surface area contributed by atoms with Gasteiger partial charge in [0.1, 0.15) is 0 Å². The molecule has 0 fully saturated rings. The zero-order valence-electron chi connectivity index (χ0n) is 14.8. The Balaban J connectivity index is 2.56. The molecule has 24 heavy (non-hydrogen) atoms. The minimum absolute atomic E-state index is 0.0639. The maximum atomic E-state index is 12.0. The molecular formula is C17H25N3O4. The fourth-order valence-corrected chi connectivity index (χ4v) is 1.90. The van der Waals surface area contributed by atoms with Crippen LogP contribution in [0.25, 0.3) is 0 Å². The average molecular weight is 335 g/mol. The predicted molar refractivity (Wildman–Crippen MR) is 90.5 cm³/mol. The molecule has 0 aliphatic carbocycles. The lowest BCUT2D eigenvalue weighted by Gasteiger charge is -2.17. The van der Waals surface area contributed by atoms with Gasteiger partial charge in [-0.15, -0.1) is 0 Å². The Bertz CT molecular complexity index is 582. The lowest BCUT2D eigenvalue weighted by Crippen LogP contribution is -2.39. The van der Waals surface area contributed by atoms with Crippen LogP contribution in [0.1, 0.15) is 36.7 Å². The fraction of sp³-hybridized carbons (Fsp3) is 0.471. The van der Waals surface area contributed by atoms with E-state index in [4.69, 9.17) is 4.74 Å². The number of esters is 1. The highest BCUT2D eigenvalue weighted by Crippen LogP contribution is 2.08. The number of nitrogens with one attached hydrogen (secondary N) is 2. The molecule has 1 rings (SSSR count). The van der Waals surface area contributed by atoms with Crippen molar-refractivity contribution in [2.45, 2.75) is 39.5 Å². The summed E-state index contributed by atoms with van der Waals surface area (Å²) in [5.74, 6) is -0.838. The number of likely N-dealkylation sites (N-methyl/N-ethyl adjacent to an activating group) is 1. The molecule has 0 bridgehead atoms. The minimum Gasteiger partial charge on any atom is -0.449 e. The number of ether oxygens (including phenoxy) is 1. The van der Waals surface area contributed by atoms with Crippen LogP contribution >= 0.6 is 0 Å². The third-order valence-corrected chi connectivity index (χ3v) is 3.13. The van der Waals surface area contributed by atoms with Crippen molar-refractivity contribution >= 4 is 17.9 Å². The van der Waals surface area contributed by atoms with E-state index < -0.39 is 12.1 Å².